The van der Waals surface area contributed by atoms with Crippen LogP contribution in [0.5, 0.6) is 5.75 Å². The second-order valence-corrected chi connectivity index (χ2v) is 5.93. The molecule has 1 saturated heterocycles. The average Bonchev–Trinajstić information content (AvgIpc) is 2.98. The summed E-state index contributed by atoms with van der Waals surface area (Å²) in [7, 11) is 0. The molecule has 1 fully saturated rings. The molecular weight excluding hydrogens is 284 g/mol. The maximum Gasteiger partial charge on any atom is 0.124 e. The lowest BCUT2D eigenvalue weighted by atomic mass is 10.0. The predicted molar refractivity (Wildman–Crippen MR) is 85.3 cm³/mol. The first-order valence-electron chi connectivity index (χ1n) is 7.29. The minimum Gasteiger partial charge on any atom is -0.488 e. The minimum absolute atomic E-state index is 0.196. The van der Waals surface area contributed by atoms with Gasteiger partial charge in [0.05, 0.1) is 13.2 Å². The molecule has 2 aromatic rings. The molecule has 21 heavy (non-hydrogen) atoms. The van der Waals surface area contributed by atoms with Crippen LogP contribution in [0.4, 0.5) is 0 Å². The van der Waals surface area contributed by atoms with E-state index in [1.807, 2.05) is 24.3 Å². The molecule has 0 N–H and O–H groups in total. The highest BCUT2D eigenvalue weighted by molar-refractivity contribution is 6.31. The molecule has 2 nitrogen and oxygen atoms in total. The Morgan fingerprint density at radius 1 is 1.19 bits per heavy atom. The Bertz CT molecular complexity index is 601. The van der Waals surface area contributed by atoms with Gasteiger partial charge in [0.1, 0.15) is 11.9 Å². The third-order valence-corrected chi connectivity index (χ3v) is 4.08. The van der Waals surface area contributed by atoms with Crippen molar-refractivity contribution < 1.29 is 9.47 Å². The fourth-order valence-corrected chi connectivity index (χ4v) is 2.73. The van der Waals surface area contributed by atoms with Crippen LogP contribution >= 0.6 is 11.6 Å². The first kappa shape index (κ1) is 14.4. The van der Waals surface area contributed by atoms with Gasteiger partial charge in [0.2, 0.25) is 0 Å². The zero-order valence-corrected chi connectivity index (χ0v) is 12.9. The maximum atomic E-state index is 6.25. The molecule has 110 valence electrons. The number of rotatable bonds is 4. The smallest absolute Gasteiger partial charge is 0.124 e. The Morgan fingerprint density at radius 2 is 2.00 bits per heavy atom. The molecule has 1 aliphatic heterocycles. The molecule has 0 aromatic heterocycles. The normalized spacial score (nSPS) is 17.9. The van der Waals surface area contributed by atoms with Gasteiger partial charge in [0.25, 0.3) is 0 Å². The quantitative estimate of drug-likeness (QED) is 0.833. The van der Waals surface area contributed by atoms with E-state index >= 15 is 0 Å². The molecule has 0 unspecified atom stereocenters. The van der Waals surface area contributed by atoms with Crippen molar-refractivity contribution in [2.24, 2.45) is 0 Å². The van der Waals surface area contributed by atoms with Crippen molar-refractivity contribution in [3.8, 4) is 5.75 Å². The summed E-state index contributed by atoms with van der Waals surface area (Å²) in [6.07, 6.45) is 2.01. The van der Waals surface area contributed by atoms with Crippen molar-refractivity contribution in [2.75, 3.05) is 13.2 Å². The highest BCUT2D eigenvalue weighted by Crippen LogP contribution is 2.23. The monoisotopic (exact) mass is 302 g/mol. The van der Waals surface area contributed by atoms with Gasteiger partial charge >= 0.3 is 0 Å². The lowest BCUT2D eigenvalue weighted by molar-refractivity contribution is 0.141. The zero-order chi connectivity index (χ0) is 14.7. The maximum absolute atomic E-state index is 6.25. The molecule has 0 saturated carbocycles. The van der Waals surface area contributed by atoms with E-state index < -0.39 is 0 Å². The summed E-state index contributed by atoms with van der Waals surface area (Å²) in [6.45, 7) is 3.58. The van der Waals surface area contributed by atoms with Gasteiger partial charge in [-0.05, 0) is 42.7 Å². The van der Waals surface area contributed by atoms with Gasteiger partial charge in [0.15, 0.2) is 0 Å². The molecular formula is C18H19ClO2. The highest BCUT2D eigenvalue weighted by atomic mass is 35.5. The van der Waals surface area contributed by atoms with Gasteiger partial charge < -0.3 is 9.47 Å². The lowest BCUT2D eigenvalue weighted by Gasteiger charge is -2.12. The molecule has 1 atom stereocenters. The molecule has 1 heterocycles. The van der Waals surface area contributed by atoms with Crippen LogP contribution in [-0.2, 0) is 11.2 Å². The van der Waals surface area contributed by atoms with Crippen LogP contribution in [-0.4, -0.2) is 19.3 Å². The Balaban J connectivity index is 1.67. The number of ether oxygens (including phenoxy) is 2. The molecule has 2 aromatic carbocycles. The zero-order valence-electron chi connectivity index (χ0n) is 12.1. The van der Waals surface area contributed by atoms with Crippen LogP contribution < -0.4 is 4.74 Å². The van der Waals surface area contributed by atoms with E-state index in [9.17, 15) is 0 Å². The average molecular weight is 303 g/mol. The van der Waals surface area contributed by atoms with Crippen LogP contribution in [0.1, 0.15) is 23.1 Å². The molecule has 0 spiro atoms. The molecule has 0 amide bonds. The molecule has 3 rings (SSSR count). The molecule has 0 radical (unpaired) electrons. The van der Waals surface area contributed by atoms with Crippen molar-refractivity contribution >= 4 is 11.6 Å². The van der Waals surface area contributed by atoms with Crippen LogP contribution in [0.3, 0.4) is 0 Å². The number of halogens is 1. The standard InChI is InChI=1S/C18H19ClO2/c1-13-2-7-18(19)15(10-13)11-14-3-5-16(6-4-14)21-17-8-9-20-12-17/h2-7,10,17H,8-9,11-12H2,1H3/t17-/m0/s1. The van der Waals surface area contributed by atoms with Crippen molar-refractivity contribution in [2.45, 2.75) is 25.9 Å². The van der Waals surface area contributed by atoms with Gasteiger partial charge in [-0.25, -0.2) is 0 Å². The van der Waals surface area contributed by atoms with Crippen LogP contribution in [0.25, 0.3) is 0 Å². The Morgan fingerprint density at radius 3 is 2.71 bits per heavy atom. The predicted octanol–water partition coefficient (Wildman–Crippen LogP) is 4.41. The highest BCUT2D eigenvalue weighted by Gasteiger charge is 2.16. The van der Waals surface area contributed by atoms with Crippen molar-refractivity contribution in [1.29, 1.82) is 0 Å². The molecule has 0 bridgehead atoms. The van der Waals surface area contributed by atoms with E-state index in [1.165, 1.54) is 11.1 Å². The Kier molecular flexibility index (Phi) is 4.47. The Hall–Kier alpha value is -1.51. The number of hydrogen-bond acceptors (Lipinski definition) is 2. The summed E-state index contributed by atoms with van der Waals surface area (Å²) in [5, 5.41) is 0.823. The second-order valence-electron chi connectivity index (χ2n) is 5.52. The van der Waals surface area contributed by atoms with Gasteiger partial charge in [-0.2, -0.15) is 0 Å². The van der Waals surface area contributed by atoms with E-state index in [4.69, 9.17) is 21.1 Å². The SMILES string of the molecule is Cc1ccc(Cl)c(Cc2ccc(O[C@H]3CCOC3)cc2)c1. The van der Waals surface area contributed by atoms with Crippen LogP contribution in [0, 0.1) is 6.92 Å². The van der Waals surface area contributed by atoms with Crippen LogP contribution in [0.15, 0.2) is 42.5 Å². The summed E-state index contributed by atoms with van der Waals surface area (Å²) in [6, 6.07) is 14.4. The van der Waals surface area contributed by atoms with E-state index in [2.05, 4.69) is 25.1 Å². The van der Waals surface area contributed by atoms with E-state index in [0.29, 0.717) is 6.61 Å². The lowest BCUT2D eigenvalue weighted by Crippen LogP contribution is -2.15. The summed E-state index contributed by atoms with van der Waals surface area (Å²) in [4.78, 5) is 0. The van der Waals surface area contributed by atoms with Gasteiger partial charge in [-0.3, -0.25) is 0 Å². The molecule has 1 aliphatic rings. The summed E-state index contributed by atoms with van der Waals surface area (Å²) in [5.74, 6) is 0.907. The third-order valence-electron chi connectivity index (χ3n) is 3.71. The van der Waals surface area contributed by atoms with Gasteiger partial charge in [-0.1, -0.05) is 41.4 Å². The fourth-order valence-electron chi connectivity index (χ4n) is 2.54. The largest absolute Gasteiger partial charge is 0.488 e. The first-order valence-corrected chi connectivity index (χ1v) is 7.67. The van der Waals surface area contributed by atoms with Crippen molar-refractivity contribution in [3.63, 3.8) is 0 Å². The molecule has 3 heteroatoms. The number of aryl methyl sites for hydroxylation is 1. The van der Waals surface area contributed by atoms with Crippen LogP contribution in [0.2, 0.25) is 5.02 Å². The topological polar surface area (TPSA) is 18.5 Å². The second kappa shape index (κ2) is 6.50. The fraction of sp³-hybridized carbons (Fsp3) is 0.333. The van der Waals surface area contributed by atoms with E-state index in [-0.39, 0.29) is 6.10 Å². The van der Waals surface area contributed by atoms with Crippen molar-refractivity contribution in [1.82, 2.24) is 0 Å². The summed E-state index contributed by atoms with van der Waals surface area (Å²) >= 11 is 6.25. The summed E-state index contributed by atoms with van der Waals surface area (Å²) < 4.78 is 11.2. The van der Waals surface area contributed by atoms with E-state index in [0.717, 1.165) is 35.8 Å². The van der Waals surface area contributed by atoms with Gasteiger partial charge in [-0.15, -0.1) is 0 Å². The number of hydrogen-bond donors (Lipinski definition) is 0. The summed E-state index contributed by atoms with van der Waals surface area (Å²) in [5.41, 5.74) is 3.63. The number of benzene rings is 2. The Labute approximate surface area is 130 Å². The first-order chi connectivity index (χ1) is 10.2. The van der Waals surface area contributed by atoms with Gasteiger partial charge in [0, 0.05) is 11.4 Å². The van der Waals surface area contributed by atoms with Crippen molar-refractivity contribution in [3.05, 3.63) is 64.2 Å². The third kappa shape index (κ3) is 3.78. The van der Waals surface area contributed by atoms with E-state index in [1.54, 1.807) is 0 Å². The minimum atomic E-state index is 0.196. The molecule has 0 aliphatic carbocycles.